The number of methoxy groups -OCH3 is 1. The summed E-state index contributed by atoms with van der Waals surface area (Å²) in [6.07, 6.45) is -1.26. The van der Waals surface area contributed by atoms with Gasteiger partial charge in [0, 0.05) is 17.4 Å². The van der Waals surface area contributed by atoms with E-state index in [0.29, 0.717) is 11.8 Å². The Morgan fingerprint density at radius 1 is 1.02 bits per heavy atom. The third-order valence-corrected chi connectivity index (χ3v) is 6.83. The average molecular weight is 591 g/mol. The van der Waals surface area contributed by atoms with Crippen molar-refractivity contribution in [2.45, 2.75) is 44.5 Å². The molecule has 2 amide bonds. The Kier molecular flexibility index (Phi) is 12.2. The molecule has 3 N–H and O–H groups in total. The Bertz CT molecular complexity index is 1300. The molecule has 2 rings (SSSR count). The van der Waals surface area contributed by atoms with Gasteiger partial charge in [-0.2, -0.15) is 0 Å². The molecule has 0 radical (unpaired) electrons. The van der Waals surface area contributed by atoms with Crippen molar-refractivity contribution < 1.29 is 38.9 Å². The van der Waals surface area contributed by atoms with Crippen LogP contribution in [0.3, 0.4) is 0 Å². The molecule has 2 atom stereocenters. The van der Waals surface area contributed by atoms with E-state index in [1.165, 1.54) is 11.8 Å². The number of carboxylic acids is 1. The predicted octanol–water partition coefficient (Wildman–Crippen LogP) is 2.66. The topological polar surface area (TPSA) is 208 Å². The van der Waals surface area contributed by atoms with E-state index < -0.39 is 75.6 Å². The predicted molar refractivity (Wildman–Crippen MR) is 149 cm³/mol. The maximum absolute atomic E-state index is 13.1. The monoisotopic (exact) mass is 590 g/mol. The van der Waals surface area contributed by atoms with Gasteiger partial charge in [0.25, 0.3) is 5.69 Å². The number of benzene rings is 2. The highest BCUT2D eigenvalue weighted by atomic mass is 32.2. The number of non-ortho nitro benzene ring substituents is 1. The maximum Gasteiger partial charge on any atom is 0.318 e. The summed E-state index contributed by atoms with van der Waals surface area (Å²) >= 11 is 1.26. The summed E-state index contributed by atoms with van der Waals surface area (Å²) in [5, 5.41) is 36.8. The van der Waals surface area contributed by atoms with Crippen molar-refractivity contribution in [1.29, 1.82) is 0 Å². The van der Waals surface area contributed by atoms with Crippen molar-refractivity contribution in [3.8, 4) is 5.75 Å². The number of hydrogen-bond acceptors (Lipinski definition) is 10. The Morgan fingerprint density at radius 3 is 2.22 bits per heavy atom. The molecular weight excluding hydrogens is 560 g/mol. The number of carboxylic acid groups (broad SMARTS) is 1. The zero-order chi connectivity index (χ0) is 30.7. The molecule has 0 spiro atoms. The fourth-order valence-electron chi connectivity index (χ4n) is 3.82. The number of amides is 2. The van der Waals surface area contributed by atoms with Crippen molar-refractivity contribution in [2.75, 3.05) is 12.9 Å². The molecule has 15 heteroatoms. The number of nitrogens with one attached hydrogen (secondary N) is 2. The van der Waals surface area contributed by atoms with Crippen LogP contribution in [0.15, 0.2) is 42.5 Å². The number of thioether (sulfide) groups is 1. The third-order valence-electron chi connectivity index (χ3n) is 5.80. The first-order valence-corrected chi connectivity index (χ1v) is 13.4. The molecule has 1 unspecified atom stereocenters. The van der Waals surface area contributed by atoms with Gasteiger partial charge in [-0.25, -0.2) is 0 Å². The minimum absolute atomic E-state index is 0.0583. The molecule has 0 aliphatic carbocycles. The Hall–Kier alpha value is -4.53. The second-order valence-corrected chi connectivity index (χ2v) is 10.2. The van der Waals surface area contributed by atoms with Gasteiger partial charge >= 0.3 is 11.7 Å². The van der Waals surface area contributed by atoms with Crippen LogP contribution in [0.5, 0.6) is 5.75 Å². The number of nitro benzene ring substituents is 2. The molecule has 220 valence electrons. The first-order valence-electron chi connectivity index (χ1n) is 12.3. The molecule has 2 aromatic carbocycles. The van der Waals surface area contributed by atoms with Crippen LogP contribution in [-0.2, 0) is 31.4 Å². The molecular formula is C26H30N4O10S. The smallest absolute Gasteiger partial charge is 0.318 e. The van der Waals surface area contributed by atoms with E-state index >= 15 is 0 Å². The molecule has 0 saturated carbocycles. The summed E-state index contributed by atoms with van der Waals surface area (Å²) in [5.41, 5.74) is -0.512. The number of nitro groups is 2. The largest absolute Gasteiger partial charge is 0.490 e. The van der Waals surface area contributed by atoms with Gasteiger partial charge in [-0.05, 0) is 11.5 Å². The SMILES string of the molecule is COc1c(CC(=O)N[C@H](C(=O)NC(CC(=O)O)C(=O)CSCc2ccccc2)C(C)C)cc([N+](=O)[O-])cc1[N+](=O)[O-]. The molecule has 2 aromatic rings. The molecule has 0 aliphatic rings. The molecule has 0 fully saturated rings. The highest BCUT2D eigenvalue weighted by Crippen LogP contribution is 2.35. The molecule has 0 saturated heterocycles. The van der Waals surface area contributed by atoms with Crippen LogP contribution in [0.1, 0.15) is 31.4 Å². The minimum atomic E-state index is -1.35. The number of nitrogens with zero attached hydrogens (tertiary/aromatic N) is 2. The van der Waals surface area contributed by atoms with E-state index in [1.54, 1.807) is 13.8 Å². The quantitative estimate of drug-likeness (QED) is 0.191. The fourth-order valence-corrected chi connectivity index (χ4v) is 4.75. The van der Waals surface area contributed by atoms with Crippen LogP contribution in [0.25, 0.3) is 0 Å². The number of ether oxygens (including phenoxy) is 1. The lowest BCUT2D eigenvalue weighted by Gasteiger charge is -2.24. The van der Waals surface area contributed by atoms with Crippen LogP contribution < -0.4 is 15.4 Å². The molecule has 0 bridgehead atoms. The van der Waals surface area contributed by atoms with Gasteiger partial charge in [-0.1, -0.05) is 44.2 Å². The van der Waals surface area contributed by atoms with Crippen LogP contribution in [0, 0.1) is 26.1 Å². The Balaban J connectivity index is 2.16. The first-order chi connectivity index (χ1) is 19.3. The van der Waals surface area contributed by atoms with Crippen molar-refractivity contribution >= 4 is 46.7 Å². The summed E-state index contributed by atoms with van der Waals surface area (Å²) in [4.78, 5) is 71.1. The van der Waals surface area contributed by atoms with E-state index in [9.17, 15) is 44.5 Å². The second kappa shape index (κ2) is 15.3. The lowest BCUT2D eigenvalue weighted by atomic mass is 10.0. The van der Waals surface area contributed by atoms with E-state index in [2.05, 4.69) is 10.6 Å². The van der Waals surface area contributed by atoms with Crippen LogP contribution in [-0.4, -0.2) is 63.5 Å². The first kappa shape index (κ1) is 32.7. The molecule has 41 heavy (non-hydrogen) atoms. The average Bonchev–Trinajstić information content (AvgIpc) is 2.90. The van der Waals surface area contributed by atoms with E-state index in [1.807, 2.05) is 30.3 Å². The number of rotatable bonds is 16. The highest BCUT2D eigenvalue weighted by molar-refractivity contribution is 7.99. The fraction of sp³-hybridized carbons (Fsp3) is 0.385. The summed E-state index contributed by atoms with van der Waals surface area (Å²) in [5.74, 6) is -3.86. The van der Waals surface area contributed by atoms with E-state index in [0.717, 1.165) is 18.7 Å². The minimum Gasteiger partial charge on any atom is -0.490 e. The van der Waals surface area contributed by atoms with Gasteiger partial charge in [0.15, 0.2) is 5.78 Å². The zero-order valence-corrected chi connectivity index (χ0v) is 23.3. The summed E-state index contributed by atoms with van der Waals surface area (Å²) < 4.78 is 5.03. The van der Waals surface area contributed by atoms with Gasteiger partial charge in [-0.15, -0.1) is 11.8 Å². The maximum atomic E-state index is 13.1. The summed E-state index contributed by atoms with van der Waals surface area (Å²) in [6.45, 7) is 3.21. The van der Waals surface area contributed by atoms with Gasteiger partial charge in [0.2, 0.25) is 17.6 Å². The van der Waals surface area contributed by atoms with Crippen molar-refractivity contribution in [3.63, 3.8) is 0 Å². The Labute approximate surface area is 239 Å². The zero-order valence-electron chi connectivity index (χ0n) is 22.5. The lowest BCUT2D eigenvalue weighted by molar-refractivity contribution is -0.394. The molecule has 0 aromatic heterocycles. The van der Waals surface area contributed by atoms with Gasteiger partial charge in [0.05, 0.1) is 47.7 Å². The van der Waals surface area contributed by atoms with Crippen molar-refractivity contribution in [3.05, 3.63) is 73.8 Å². The van der Waals surface area contributed by atoms with Gasteiger partial charge in [0.1, 0.15) is 6.04 Å². The van der Waals surface area contributed by atoms with Gasteiger partial charge in [-0.3, -0.25) is 39.4 Å². The van der Waals surface area contributed by atoms with Crippen LogP contribution in [0.2, 0.25) is 0 Å². The number of carbonyl (C=O) groups is 4. The van der Waals surface area contributed by atoms with E-state index in [-0.39, 0.29) is 17.1 Å². The Morgan fingerprint density at radius 2 is 1.68 bits per heavy atom. The number of Topliss-reactive ketones (excluding diaryl/α,β-unsaturated/α-hetero) is 1. The van der Waals surface area contributed by atoms with Crippen molar-refractivity contribution in [1.82, 2.24) is 10.6 Å². The van der Waals surface area contributed by atoms with Gasteiger partial charge < -0.3 is 20.5 Å². The molecule has 0 aliphatic heterocycles. The molecule has 0 heterocycles. The molecule has 14 nitrogen and oxygen atoms in total. The lowest BCUT2D eigenvalue weighted by Crippen LogP contribution is -2.54. The number of ketones is 1. The third kappa shape index (κ3) is 9.86. The van der Waals surface area contributed by atoms with E-state index in [4.69, 9.17) is 4.74 Å². The summed E-state index contributed by atoms with van der Waals surface area (Å²) in [7, 11) is 1.11. The summed E-state index contributed by atoms with van der Waals surface area (Å²) in [6, 6.07) is 8.42. The number of hydrogen-bond donors (Lipinski definition) is 3. The highest BCUT2D eigenvalue weighted by Gasteiger charge is 2.31. The standard InChI is InChI=1S/C26H30N4O10S/c1-15(2)24(28-22(32)10-17-9-18(29(36)37)11-20(30(38)39)25(17)40-3)26(35)27-19(12-23(33)34)21(31)14-41-13-16-7-5-4-6-8-16/h4-9,11,15,19,24H,10,12-14H2,1-3H3,(H,27,35)(H,28,32)(H,33,34)/t19?,24-/m0/s1. The second-order valence-electron chi connectivity index (χ2n) is 9.24. The number of carbonyl (C=O) groups excluding carboxylic acids is 3. The number of aliphatic carboxylic acids is 1. The van der Waals surface area contributed by atoms with Crippen LogP contribution >= 0.6 is 11.8 Å². The van der Waals surface area contributed by atoms with Crippen molar-refractivity contribution in [2.24, 2.45) is 5.92 Å². The van der Waals surface area contributed by atoms with Crippen LogP contribution in [0.4, 0.5) is 11.4 Å². The normalized spacial score (nSPS) is 12.2.